The first-order valence-electron chi connectivity index (χ1n) is 9.46. The van der Waals surface area contributed by atoms with Crippen molar-refractivity contribution in [3.63, 3.8) is 0 Å². The van der Waals surface area contributed by atoms with Gasteiger partial charge in [0.1, 0.15) is 12.4 Å². The summed E-state index contributed by atoms with van der Waals surface area (Å²) in [5.41, 5.74) is 6.94. The summed E-state index contributed by atoms with van der Waals surface area (Å²) in [5, 5.41) is 5.31. The zero-order chi connectivity index (χ0) is 19.5. The number of para-hydroxylation sites is 1. The van der Waals surface area contributed by atoms with Crippen LogP contribution in [-0.4, -0.2) is 36.9 Å². The Bertz CT molecular complexity index is 1040. The molecule has 1 aliphatic rings. The minimum absolute atomic E-state index is 0.111. The molecule has 0 atom stereocenters. The van der Waals surface area contributed by atoms with Crippen molar-refractivity contribution >= 4 is 28.7 Å². The molecular weight excluding hydrogens is 352 g/mol. The van der Waals surface area contributed by atoms with Crippen molar-refractivity contribution < 1.29 is 9.53 Å². The Morgan fingerprint density at radius 1 is 1.29 bits per heavy atom. The third kappa shape index (κ3) is 3.71. The molecule has 1 N–H and O–H groups in total. The molecule has 0 bridgehead atoms. The molecule has 6 heteroatoms. The molecule has 0 saturated heterocycles. The Kier molecular flexibility index (Phi) is 5.02. The lowest BCUT2D eigenvalue weighted by Crippen LogP contribution is -2.28. The fraction of sp³-hybridized carbons (Fsp3) is 0.273. The lowest BCUT2D eigenvalue weighted by Gasteiger charge is -2.27. The van der Waals surface area contributed by atoms with Gasteiger partial charge in [-0.3, -0.25) is 4.79 Å². The maximum atomic E-state index is 12.2. The first-order valence-corrected chi connectivity index (χ1v) is 9.46. The van der Waals surface area contributed by atoms with Crippen molar-refractivity contribution in [1.82, 2.24) is 9.99 Å². The lowest BCUT2D eigenvalue weighted by molar-refractivity contribution is -0.121. The van der Waals surface area contributed by atoms with Crippen LogP contribution < -0.4 is 15.1 Å². The molecular formula is C22H24N4O2. The van der Waals surface area contributed by atoms with Gasteiger partial charge in [0.15, 0.2) is 0 Å². The Morgan fingerprint density at radius 2 is 2.14 bits per heavy atom. The molecule has 6 nitrogen and oxygen atoms in total. The standard InChI is InChI=1S/C22H24N4O2/c1-16-15-26(19-6-4-3-5-18(16)19)10-9-22(27)24-23-14-17-7-8-20-21(13-17)28-12-11-25(20)2/h3-8,13-15H,9-12H2,1-2H3,(H,24,27)/b23-14+. The van der Waals surface area contributed by atoms with E-state index in [4.69, 9.17) is 4.74 Å². The summed E-state index contributed by atoms with van der Waals surface area (Å²) in [4.78, 5) is 14.3. The van der Waals surface area contributed by atoms with Crippen LogP contribution >= 0.6 is 0 Å². The topological polar surface area (TPSA) is 58.9 Å². The second-order valence-electron chi connectivity index (χ2n) is 7.06. The van der Waals surface area contributed by atoms with Gasteiger partial charge in [0, 0.05) is 37.1 Å². The summed E-state index contributed by atoms with van der Waals surface area (Å²) < 4.78 is 7.81. The van der Waals surface area contributed by atoms with Crippen LogP contribution in [0.4, 0.5) is 5.69 Å². The van der Waals surface area contributed by atoms with Gasteiger partial charge in [-0.25, -0.2) is 5.43 Å². The van der Waals surface area contributed by atoms with E-state index < -0.39 is 0 Å². The van der Waals surface area contributed by atoms with Gasteiger partial charge in [0.05, 0.1) is 18.4 Å². The number of anilines is 1. The molecule has 0 unspecified atom stereocenters. The minimum Gasteiger partial charge on any atom is -0.490 e. The highest BCUT2D eigenvalue weighted by Gasteiger charge is 2.14. The van der Waals surface area contributed by atoms with Crippen molar-refractivity contribution in [2.24, 2.45) is 5.10 Å². The number of carbonyl (C=O) groups is 1. The van der Waals surface area contributed by atoms with E-state index in [1.807, 2.05) is 37.4 Å². The predicted octanol–water partition coefficient (Wildman–Crippen LogP) is 3.32. The number of aromatic nitrogens is 1. The van der Waals surface area contributed by atoms with E-state index in [1.165, 1.54) is 10.9 Å². The molecule has 0 spiro atoms. The van der Waals surface area contributed by atoms with Crippen LogP contribution in [0.5, 0.6) is 5.75 Å². The zero-order valence-corrected chi connectivity index (χ0v) is 16.2. The normalized spacial score (nSPS) is 13.6. The van der Waals surface area contributed by atoms with Crippen LogP contribution in [-0.2, 0) is 11.3 Å². The molecule has 1 aliphatic heterocycles. The summed E-state index contributed by atoms with van der Waals surface area (Å²) in [6.45, 7) is 4.26. The Balaban J connectivity index is 1.34. The van der Waals surface area contributed by atoms with Gasteiger partial charge < -0.3 is 14.2 Å². The highest BCUT2D eigenvalue weighted by Crippen LogP contribution is 2.30. The molecule has 0 radical (unpaired) electrons. The monoisotopic (exact) mass is 376 g/mol. The largest absolute Gasteiger partial charge is 0.490 e. The van der Waals surface area contributed by atoms with E-state index in [2.05, 4.69) is 45.2 Å². The first kappa shape index (κ1) is 18.1. The maximum Gasteiger partial charge on any atom is 0.241 e. The van der Waals surface area contributed by atoms with Crippen LogP contribution in [0, 0.1) is 6.92 Å². The SMILES string of the molecule is Cc1cn(CCC(=O)N/N=C/c2ccc3c(c2)OCCN3C)c2ccccc12. The number of hydrazone groups is 1. The number of nitrogens with one attached hydrogen (secondary N) is 1. The van der Waals surface area contributed by atoms with Crippen LogP contribution in [0.3, 0.4) is 0 Å². The van der Waals surface area contributed by atoms with Crippen molar-refractivity contribution in [3.05, 3.63) is 59.8 Å². The van der Waals surface area contributed by atoms with Gasteiger partial charge in [0.2, 0.25) is 5.91 Å². The van der Waals surface area contributed by atoms with Gasteiger partial charge >= 0.3 is 0 Å². The number of hydrogen-bond donors (Lipinski definition) is 1. The third-order valence-corrected chi connectivity index (χ3v) is 5.05. The fourth-order valence-electron chi connectivity index (χ4n) is 3.53. The molecule has 28 heavy (non-hydrogen) atoms. The number of benzene rings is 2. The van der Waals surface area contributed by atoms with Crippen molar-refractivity contribution in [2.75, 3.05) is 25.1 Å². The number of nitrogens with zero attached hydrogens (tertiary/aromatic N) is 3. The first-order chi connectivity index (χ1) is 13.6. The number of likely N-dealkylation sites (N-methyl/N-ethyl adjacent to an activating group) is 1. The van der Waals surface area contributed by atoms with E-state index in [0.29, 0.717) is 19.6 Å². The van der Waals surface area contributed by atoms with Crippen LogP contribution in [0.2, 0.25) is 0 Å². The van der Waals surface area contributed by atoms with Gasteiger partial charge in [-0.1, -0.05) is 24.3 Å². The molecule has 1 amide bonds. The fourth-order valence-corrected chi connectivity index (χ4v) is 3.53. The summed E-state index contributed by atoms with van der Waals surface area (Å²) in [6.07, 6.45) is 4.10. The second-order valence-corrected chi connectivity index (χ2v) is 7.06. The molecule has 0 fully saturated rings. The number of rotatable bonds is 5. The van der Waals surface area contributed by atoms with E-state index in [-0.39, 0.29) is 5.91 Å². The highest BCUT2D eigenvalue weighted by atomic mass is 16.5. The number of carbonyl (C=O) groups excluding carboxylic acids is 1. The van der Waals surface area contributed by atoms with Crippen molar-refractivity contribution in [2.45, 2.75) is 19.9 Å². The molecule has 2 heterocycles. The Labute approximate surface area is 164 Å². The number of fused-ring (bicyclic) bond motifs is 2. The predicted molar refractivity (Wildman–Crippen MR) is 112 cm³/mol. The van der Waals surface area contributed by atoms with Gasteiger partial charge in [0.25, 0.3) is 0 Å². The summed E-state index contributed by atoms with van der Waals surface area (Å²) in [6, 6.07) is 14.1. The van der Waals surface area contributed by atoms with Crippen molar-refractivity contribution in [3.8, 4) is 5.75 Å². The quantitative estimate of drug-likeness (QED) is 0.549. The Hall–Kier alpha value is -3.28. The average Bonchev–Trinajstić information content (AvgIpc) is 3.03. The molecule has 0 saturated carbocycles. The highest BCUT2D eigenvalue weighted by molar-refractivity contribution is 5.85. The summed E-state index contributed by atoms with van der Waals surface area (Å²) in [7, 11) is 2.05. The second kappa shape index (κ2) is 7.76. The van der Waals surface area contributed by atoms with E-state index >= 15 is 0 Å². The molecule has 1 aromatic heterocycles. The van der Waals surface area contributed by atoms with E-state index in [1.54, 1.807) is 6.21 Å². The molecule has 3 aromatic rings. The molecule has 2 aromatic carbocycles. The zero-order valence-electron chi connectivity index (χ0n) is 16.2. The summed E-state index contributed by atoms with van der Waals surface area (Å²) >= 11 is 0. The summed E-state index contributed by atoms with van der Waals surface area (Å²) in [5.74, 6) is 0.736. The van der Waals surface area contributed by atoms with E-state index in [9.17, 15) is 4.79 Å². The van der Waals surface area contributed by atoms with Crippen LogP contribution in [0.25, 0.3) is 10.9 Å². The Morgan fingerprint density at radius 3 is 3.04 bits per heavy atom. The number of ether oxygens (including phenoxy) is 1. The van der Waals surface area contributed by atoms with Crippen LogP contribution in [0.1, 0.15) is 17.5 Å². The smallest absolute Gasteiger partial charge is 0.241 e. The number of aryl methyl sites for hydroxylation is 2. The average molecular weight is 376 g/mol. The molecule has 144 valence electrons. The van der Waals surface area contributed by atoms with Gasteiger partial charge in [-0.05, 0) is 36.2 Å². The number of amides is 1. The van der Waals surface area contributed by atoms with E-state index in [0.717, 1.165) is 29.1 Å². The lowest BCUT2D eigenvalue weighted by atomic mass is 10.1. The van der Waals surface area contributed by atoms with Gasteiger partial charge in [-0.2, -0.15) is 5.10 Å². The minimum atomic E-state index is -0.111. The maximum absolute atomic E-state index is 12.2. The molecule has 0 aliphatic carbocycles. The number of hydrogen-bond acceptors (Lipinski definition) is 4. The molecule has 4 rings (SSSR count). The van der Waals surface area contributed by atoms with Crippen molar-refractivity contribution in [1.29, 1.82) is 0 Å². The van der Waals surface area contributed by atoms with Gasteiger partial charge in [-0.15, -0.1) is 0 Å². The van der Waals surface area contributed by atoms with Crippen LogP contribution in [0.15, 0.2) is 53.8 Å². The third-order valence-electron chi connectivity index (χ3n) is 5.05.